The lowest BCUT2D eigenvalue weighted by atomic mass is 10.1. The number of imidazole rings is 1. The lowest BCUT2D eigenvalue weighted by Gasteiger charge is -2.29. The zero-order chi connectivity index (χ0) is 12.9. The van der Waals surface area contributed by atoms with Gasteiger partial charge in [-0.15, -0.1) is 0 Å². The minimum Gasteiger partial charge on any atom is -0.444 e. The van der Waals surface area contributed by atoms with Crippen LogP contribution in [-0.2, 0) is 4.74 Å². The fourth-order valence-corrected chi connectivity index (χ4v) is 2.74. The van der Waals surface area contributed by atoms with Gasteiger partial charge < -0.3 is 9.72 Å². The van der Waals surface area contributed by atoms with E-state index in [4.69, 9.17) is 4.74 Å². The molecule has 0 radical (unpaired) electrons. The van der Waals surface area contributed by atoms with Crippen LogP contribution in [0, 0.1) is 5.92 Å². The van der Waals surface area contributed by atoms with Gasteiger partial charge in [-0.2, -0.15) is 0 Å². The zero-order valence-electron chi connectivity index (χ0n) is 11.0. The van der Waals surface area contributed by atoms with E-state index in [1.165, 1.54) is 0 Å². The van der Waals surface area contributed by atoms with Crippen molar-refractivity contribution in [1.29, 1.82) is 0 Å². The van der Waals surface area contributed by atoms with Crippen molar-refractivity contribution in [3.63, 3.8) is 0 Å². The largest absolute Gasteiger partial charge is 0.444 e. The summed E-state index contributed by atoms with van der Waals surface area (Å²) < 4.78 is 5.49. The molecule has 1 N–H and O–H groups in total. The molecule has 1 aliphatic carbocycles. The number of hydrogen-bond donors (Lipinski definition) is 1. The molecule has 1 saturated heterocycles. The molecular weight excluding hydrogens is 230 g/mol. The summed E-state index contributed by atoms with van der Waals surface area (Å²) >= 11 is 0. The Morgan fingerprint density at radius 1 is 1.50 bits per heavy atom. The van der Waals surface area contributed by atoms with E-state index < -0.39 is 5.60 Å². The van der Waals surface area contributed by atoms with Gasteiger partial charge in [0.1, 0.15) is 11.4 Å². The van der Waals surface area contributed by atoms with Crippen LogP contribution in [0.15, 0.2) is 12.4 Å². The predicted molar refractivity (Wildman–Crippen MR) is 65.9 cm³/mol. The number of piperidine rings is 1. The number of fused-ring (bicyclic) bond motifs is 1. The molecule has 18 heavy (non-hydrogen) atoms. The predicted octanol–water partition coefficient (Wildman–Crippen LogP) is 2.48. The average Bonchev–Trinajstić information content (AvgIpc) is 2.76. The van der Waals surface area contributed by atoms with Gasteiger partial charge in [0.05, 0.1) is 6.04 Å². The molecule has 1 aliphatic heterocycles. The highest BCUT2D eigenvalue weighted by Crippen LogP contribution is 2.53. The monoisotopic (exact) mass is 249 g/mol. The van der Waals surface area contributed by atoms with E-state index in [-0.39, 0.29) is 12.1 Å². The van der Waals surface area contributed by atoms with E-state index in [9.17, 15) is 4.79 Å². The van der Waals surface area contributed by atoms with Gasteiger partial charge in [0.2, 0.25) is 0 Å². The summed E-state index contributed by atoms with van der Waals surface area (Å²) in [7, 11) is 0. The number of likely N-dealkylation sites (tertiary alicyclic amines) is 1. The first-order chi connectivity index (χ1) is 8.46. The number of nitrogens with one attached hydrogen (secondary N) is 1. The maximum atomic E-state index is 12.3. The SMILES string of the molecule is CC(C)(C)OC(=O)N1[C@@H](c2ncc[nH]2)C[C@H]2C[C@H]21. The number of H-pyrrole nitrogens is 1. The summed E-state index contributed by atoms with van der Waals surface area (Å²) in [6, 6.07) is 0.411. The van der Waals surface area contributed by atoms with Gasteiger partial charge in [-0.25, -0.2) is 9.78 Å². The molecule has 0 aromatic carbocycles. The topological polar surface area (TPSA) is 58.2 Å². The second kappa shape index (κ2) is 3.73. The van der Waals surface area contributed by atoms with Gasteiger partial charge >= 0.3 is 6.09 Å². The van der Waals surface area contributed by atoms with Gasteiger partial charge in [0, 0.05) is 18.4 Å². The Balaban J connectivity index is 1.78. The van der Waals surface area contributed by atoms with Crippen LogP contribution in [0.5, 0.6) is 0 Å². The third-order valence-electron chi connectivity index (χ3n) is 3.54. The number of nitrogens with zero attached hydrogens (tertiary/aromatic N) is 2. The highest BCUT2D eigenvalue weighted by atomic mass is 16.6. The van der Waals surface area contributed by atoms with Crippen LogP contribution < -0.4 is 0 Å². The molecule has 2 aliphatic rings. The Morgan fingerprint density at radius 2 is 2.28 bits per heavy atom. The molecule has 1 saturated carbocycles. The molecule has 1 amide bonds. The Morgan fingerprint density at radius 3 is 2.89 bits per heavy atom. The Labute approximate surface area is 107 Å². The van der Waals surface area contributed by atoms with Gasteiger partial charge in [-0.3, -0.25) is 4.90 Å². The number of rotatable bonds is 1. The molecule has 0 unspecified atom stereocenters. The number of amides is 1. The molecule has 2 fully saturated rings. The van der Waals surface area contributed by atoms with E-state index >= 15 is 0 Å². The van der Waals surface area contributed by atoms with Crippen molar-refractivity contribution < 1.29 is 9.53 Å². The van der Waals surface area contributed by atoms with Crippen molar-refractivity contribution in [1.82, 2.24) is 14.9 Å². The van der Waals surface area contributed by atoms with Gasteiger partial charge in [-0.1, -0.05) is 0 Å². The van der Waals surface area contributed by atoms with Crippen molar-refractivity contribution >= 4 is 6.09 Å². The number of aromatic amines is 1. The van der Waals surface area contributed by atoms with Crippen LogP contribution in [0.2, 0.25) is 0 Å². The summed E-state index contributed by atoms with van der Waals surface area (Å²) in [5.74, 6) is 1.50. The molecule has 98 valence electrons. The molecule has 5 heteroatoms. The number of carbonyl (C=O) groups excluding carboxylic acids is 1. The minimum absolute atomic E-state index is 0.0543. The maximum absolute atomic E-state index is 12.3. The van der Waals surface area contributed by atoms with Gasteiger partial charge in [0.15, 0.2) is 0 Å². The van der Waals surface area contributed by atoms with Gasteiger partial charge in [0.25, 0.3) is 0 Å². The Bertz CT molecular complexity index is 449. The zero-order valence-corrected chi connectivity index (χ0v) is 11.0. The molecular formula is C13H19N3O2. The van der Waals surface area contributed by atoms with Crippen molar-refractivity contribution in [2.24, 2.45) is 5.92 Å². The lowest BCUT2D eigenvalue weighted by molar-refractivity contribution is 0.0175. The van der Waals surface area contributed by atoms with E-state index in [2.05, 4.69) is 9.97 Å². The smallest absolute Gasteiger partial charge is 0.411 e. The van der Waals surface area contributed by atoms with Gasteiger partial charge in [-0.05, 0) is 39.5 Å². The minimum atomic E-state index is -0.447. The molecule has 3 rings (SSSR count). The van der Waals surface area contributed by atoms with Crippen molar-refractivity contribution in [3.05, 3.63) is 18.2 Å². The maximum Gasteiger partial charge on any atom is 0.411 e. The summed E-state index contributed by atoms with van der Waals surface area (Å²) in [5, 5.41) is 0. The van der Waals surface area contributed by atoms with E-state index in [0.717, 1.165) is 18.7 Å². The second-order valence-corrected chi connectivity index (χ2v) is 6.18. The summed E-state index contributed by atoms with van der Waals surface area (Å²) in [4.78, 5) is 21.5. The normalized spacial score (nSPS) is 30.2. The second-order valence-electron chi connectivity index (χ2n) is 6.18. The van der Waals surface area contributed by atoms with Crippen molar-refractivity contribution in [3.8, 4) is 0 Å². The lowest BCUT2D eigenvalue weighted by Crippen LogP contribution is -2.38. The summed E-state index contributed by atoms with van der Waals surface area (Å²) in [6.07, 6.45) is 5.42. The molecule has 0 spiro atoms. The standard InChI is InChI=1S/C13H19N3O2/c1-13(2,3)18-12(17)16-9-6-8(9)7-10(16)11-14-4-5-15-11/h4-5,8-10H,6-7H2,1-3H3,(H,14,15)/t8-,9-,10-/m1/s1. The van der Waals surface area contributed by atoms with Crippen LogP contribution >= 0.6 is 0 Å². The van der Waals surface area contributed by atoms with Crippen LogP contribution in [0.1, 0.15) is 45.5 Å². The number of hydrogen-bond acceptors (Lipinski definition) is 3. The quantitative estimate of drug-likeness (QED) is 0.831. The number of aromatic nitrogens is 2. The van der Waals surface area contributed by atoms with E-state index in [1.54, 1.807) is 12.4 Å². The van der Waals surface area contributed by atoms with Crippen molar-refractivity contribution in [2.75, 3.05) is 0 Å². The molecule has 2 heterocycles. The third-order valence-corrected chi connectivity index (χ3v) is 3.54. The highest BCUT2D eigenvalue weighted by molar-refractivity contribution is 5.70. The van der Waals surface area contributed by atoms with E-state index in [1.807, 2.05) is 25.7 Å². The highest BCUT2D eigenvalue weighted by Gasteiger charge is 2.56. The fourth-order valence-electron chi connectivity index (χ4n) is 2.74. The molecule has 5 nitrogen and oxygen atoms in total. The third kappa shape index (κ3) is 1.98. The number of ether oxygens (including phenoxy) is 1. The first-order valence-corrected chi connectivity index (χ1v) is 6.46. The molecule has 1 aromatic rings. The fraction of sp³-hybridized carbons (Fsp3) is 0.692. The average molecular weight is 249 g/mol. The van der Waals surface area contributed by atoms with Crippen molar-refractivity contribution in [2.45, 2.75) is 51.3 Å². The Hall–Kier alpha value is -1.52. The summed E-state index contributed by atoms with van der Waals surface area (Å²) in [6.45, 7) is 5.69. The van der Waals surface area contributed by atoms with Crippen LogP contribution in [0.4, 0.5) is 4.79 Å². The Kier molecular flexibility index (Phi) is 2.40. The van der Waals surface area contributed by atoms with Crippen LogP contribution in [0.25, 0.3) is 0 Å². The molecule has 0 bridgehead atoms. The number of carbonyl (C=O) groups is 1. The molecule has 3 atom stereocenters. The summed E-state index contributed by atoms with van der Waals surface area (Å²) in [5.41, 5.74) is -0.447. The van der Waals surface area contributed by atoms with Crippen LogP contribution in [0.3, 0.4) is 0 Å². The first-order valence-electron chi connectivity index (χ1n) is 6.46. The molecule has 1 aromatic heterocycles. The van der Waals surface area contributed by atoms with Crippen LogP contribution in [-0.4, -0.2) is 32.6 Å². The van der Waals surface area contributed by atoms with E-state index in [0.29, 0.717) is 12.0 Å². The first kappa shape index (κ1) is 11.6.